The molecule has 1 N–H and O–H groups in total. The molecular formula is C15H18F3NO. The molecule has 2 fully saturated rings. The summed E-state index contributed by atoms with van der Waals surface area (Å²) in [5.41, 5.74) is -0.438. The van der Waals surface area contributed by atoms with Gasteiger partial charge in [-0.05, 0) is 12.8 Å². The van der Waals surface area contributed by atoms with Crippen LogP contribution in [0.1, 0.15) is 26.7 Å². The van der Waals surface area contributed by atoms with Crippen LogP contribution in [0.2, 0.25) is 0 Å². The van der Waals surface area contributed by atoms with Crippen molar-refractivity contribution in [2.75, 3.05) is 11.9 Å². The highest BCUT2D eigenvalue weighted by Gasteiger charge is 2.58. The van der Waals surface area contributed by atoms with E-state index < -0.39 is 17.5 Å². The molecule has 0 aromatic heterocycles. The molecule has 3 unspecified atom stereocenters. The van der Waals surface area contributed by atoms with Gasteiger partial charge in [0.25, 0.3) is 0 Å². The monoisotopic (exact) mass is 285 g/mol. The first-order chi connectivity index (χ1) is 9.41. The molecule has 5 heteroatoms. The highest BCUT2D eigenvalue weighted by Crippen LogP contribution is 2.52. The summed E-state index contributed by atoms with van der Waals surface area (Å²) in [6, 6.07) is 1.33. The predicted octanol–water partition coefficient (Wildman–Crippen LogP) is 3.72. The molecule has 1 aliphatic heterocycles. The van der Waals surface area contributed by atoms with Crippen LogP contribution in [0.15, 0.2) is 12.1 Å². The van der Waals surface area contributed by atoms with Gasteiger partial charge in [0, 0.05) is 36.1 Å². The lowest BCUT2D eigenvalue weighted by molar-refractivity contribution is -0.177. The van der Waals surface area contributed by atoms with E-state index in [9.17, 15) is 13.2 Å². The zero-order valence-corrected chi connectivity index (χ0v) is 11.6. The Hall–Kier alpha value is -1.23. The van der Waals surface area contributed by atoms with Gasteiger partial charge in [0.1, 0.15) is 11.5 Å². The van der Waals surface area contributed by atoms with Crippen LogP contribution in [0, 0.1) is 28.8 Å². The molecular weight excluding hydrogens is 267 g/mol. The van der Waals surface area contributed by atoms with Gasteiger partial charge < -0.3 is 10.1 Å². The SMILES string of the molecule is CC1(C)C(Nc2c(F)cc(F)cc2F)C2CCCOC21. The molecule has 1 aromatic rings. The van der Waals surface area contributed by atoms with Gasteiger partial charge in [-0.3, -0.25) is 0 Å². The fourth-order valence-electron chi connectivity index (χ4n) is 3.65. The molecule has 0 bridgehead atoms. The van der Waals surface area contributed by atoms with Gasteiger partial charge in [0.15, 0.2) is 11.6 Å². The molecule has 0 radical (unpaired) electrons. The Morgan fingerprint density at radius 3 is 2.50 bits per heavy atom. The normalized spacial score (nSPS) is 31.4. The van der Waals surface area contributed by atoms with Gasteiger partial charge in [0.2, 0.25) is 0 Å². The molecule has 2 aliphatic rings. The predicted molar refractivity (Wildman–Crippen MR) is 70.0 cm³/mol. The number of anilines is 1. The third kappa shape index (κ3) is 1.99. The van der Waals surface area contributed by atoms with E-state index >= 15 is 0 Å². The summed E-state index contributed by atoms with van der Waals surface area (Å²) >= 11 is 0. The van der Waals surface area contributed by atoms with Crippen LogP contribution in [0.25, 0.3) is 0 Å². The Balaban J connectivity index is 1.85. The highest BCUT2D eigenvalue weighted by atomic mass is 19.1. The first-order valence-electron chi connectivity index (χ1n) is 6.94. The van der Waals surface area contributed by atoms with Crippen molar-refractivity contribution in [3.05, 3.63) is 29.6 Å². The summed E-state index contributed by atoms with van der Waals surface area (Å²) in [7, 11) is 0. The van der Waals surface area contributed by atoms with Crippen molar-refractivity contribution in [2.24, 2.45) is 11.3 Å². The third-order valence-electron chi connectivity index (χ3n) is 4.64. The van der Waals surface area contributed by atoms with E-state index in [1.807, 2.05) is 13.8 Å². The fraction of sp³-hybridized carbons (Fsp3) is 0.600. The van der Waals surface area contributed by atoms with Gasteiger partial charge in [-0.15, -0.1) is 0 Å². The van der Waals surface area contributed by atoms with Crippen LogP contribution in [-0.4, -0.2) is 18.8 Å². The molecule has 3 rings (SSSR count). The minimum Gasteiger partial charge on any atom is -0.377 e. The second-order valence-corrected chi connectivity index (χ2v) is 6.29. The summed E-state index contributed by atoms with van der Waals surface area (Å²) in [4.78, 5) is 0. The van der Waals surface area contributed by atoms with Crippen molar-refractivity contribution in [1.82, 2.24) is 0 Å². The van der Waals surface area contributed by atoms with Gasteiger partial charge in [-0.25, -0.2) is 13.2 Å². The van der Waals surface area contributed by atoms with Gasteiger partial charge in [-0.1, -0.05) is 13.8 Å². The fourth-order valence-corrected chi connectivity index (χ4v) is 3.65. The molecule has 1 saturated heterocycles. The second kappa shape index (κ2) is 4.65. The van der Waals surface area contributed by atoms with Crippen molar-refractivity contribution in [3.63, 3.8) is 0 Å². The number of hydrogen-bond acceptors (Lipinski definition) is 2. The number of rotatable bonds is 2. The van der Waals surface area contributed by atoms with Crippen molar-refractivity contribution in [1.29, 1.82) is 0 Å². The van der Waals surface area contributed by atoms with Crippen LogP contribution in [0.3, 0.4) is 0 Å². The van der Waals surface area contributed by atoms with Crippen LogP contribution >= 0.6 is 0 Å². The first-order valence-corrected chi connectivity index (χ1v) is 6.94. The molecule has 1 aromatic carbocycles. The third-order valence-corrected chi connectivity index (χ3v) is 4.64. The average molecular weight is 285 g/mol. The lowest BCUT2D eigenvalue weighted by Crippen LogP contribution is -2.67. The number of ether oxygens (including phenoxy) is 1. The van der Waals surface area contributed by atoms with E-state index in [2.05, 4.69) is 5.32 Å². The zero-order valence-electron chi connectivity index (χ0n) is 11.6. The Kier molecular flexibility index (Phi) is 3.20. The molecule has 2 nitrogen and oxygen atoms in total. The summed E-state index contributed by atoms with van der Waals surface area (Å²) in [6.07, 6.45) is 2.07. The van der Waals surface area contributed by atoms with E-state index in [-0.39, 0.29) is 29.2 Å². The lowest BCUT2D eigenvalue weighted by atomic mass is 9.55. The number of fused-ring (bicyclic) bond motifs is 1. The van der Waals surface area contributed by atoms with Crippen LogP contribution in [0.5, 0.6) is 0 Å². The topological polar surface area (TPSA) is 21.3 Å². The summed E-state index contributed by atoms with van der Waals surface area (Å²) in [5.74, 6) is -2.43. The van der Waals surface area contributed by atoms with E-state index in [1.165, 1.54) is 0 Å². The standard InChI is InChI=1S/C15H18F3NO/c1-15(2)13(9-4-3-5-20-14(9)15)19-12-10(17)6-8(16)7-11(12)18/h6-7,9,13-14,19H,3-5H2,1-2H3. The molecule has 3 atom stereocenters. The Morgan fingerprint density at radius 1 is 1.20 bits per heavy atom. The minimum atomic E-state index is -0.905. The van der Waals surface area contributed by atoms with Gasteiger partial charge in [0.05, 0.1) is 6.10 Å². The Morgan fingerprint density at radius 2 is 1.85 bits per heavy atom. The Labute approximate surface area is 116 Å². The molecule has 1 saturated carbocycles. The summed E-state index contributed by atoms with van der Waals surface area (Å²) < 4.78 is 46.2. The highest BCUT2D eigenvalue weighted by molar-refractivity contribution is 5.49. The van der Waals surface area contributed by atoms with Crippen LogP contribution in [-0.2, 0) is 4.74 Å². The second-order valence-electron chi connectivity index (χ2n) is 6.29. The lowest BCUT2D eigenvalue weighted by Gasteiger charge is -2.60. The number of benzene rings is 1. The van der Waals surface area contributed by atoms with Gasteiger partial charge >= 0.3 is 0 Å². The number of nitrogens with one attached hydrogen (secondary N) is 1. The van der Waals surface area contributed by atoms with Crippen molar-refractivity contribution < 1.29 is 17.9 Å². The van der Waals surface area contributed by atoms with Gasteiger partial charge in [-0.2, -0.15) is 0 Å². The summed E-state index contributed by atoms with van der Waals surface area (Å²) in [6.45, 7) is 4.80. The van der Waals surface area contributed by atoms with Crippen molar-refractivity contribution in [2.45, 2.75) is 38.8 Å². The van der Waals surface area contributed by atoms with Crippen LogP contribution < -0.4 is 5.32 Å². The van der Waals surface area contributed by atoms with Crippen molar-refractivity contribution in [3.8, 4) is 0 Å². The molecule has 20 heavy (non-hydrogen) atoms. The average Bonchev–Trinajstić information content (AvgIpc) is 2.37. The maximum absolute atomic E-state index is 13.7. The van der Waals surface area contributed by atoms with E-state index in [0.717, 1.165) is 19.4 Å². The van der Waals surface area contributed by atoms with E-state index in [1.54, 1.807) is 0 Å². The number of hydrogen-bond donors (Lipinski definition) is 1. The van der Waals surface area contributed by atoms with Crippen LogP contribution in [0.4, 0.5) is 18.9 Å². The minimum absolute atomic E-state index is 0.0674. The summed E-state index contributed by atoms with van der Waals surface area (Å²) in [5, 5.41) is 2.93. The zero-order chi connectivity index (χ0) is 14.5. The van der Waals surface area contributed by atoms with E-state index in [0.29, 0.717) is 12.1 Å². The molecule has 0 spiro atoms. The van der Waals surface area contributed by atoms with E-state index in [4.69, 9.17) is 4.74 Å². The maximum Gasteiger partial charge on any atom is 0.152 e. The molecule has 110 valence electrons. The smallest absolute Gasteiger partial charge is 0.152 e. The number of halogens is 3. The first kappa shape index (κ1) is 13.7. The molecule has 0 amide bonds. The largest absolute Gasteiger partial charge is 0.377 e. The molecule has 1 heterocycles. The maximum atomic E-state index is 13.7. The van der Waals surface area contributed by atoms with Crippen molar-refractivity contribution >= 4 is 5.69 Å². The quantitative estimate of drug-likeness (QED) is 0.894. The molecule has 1 aliphatic carbocycles. The Bertz CT molecular complexity index is 509.